The largest absolute Gasteiger partial charge is 0.481 e. The van der Waals surface area contributed by atoms with E-state index in [9.17, 15) is 14.7 Å². The van der Waals surface area contributed by atoms with Crippen LogP contribution in [0.2, 0.25) is 0 Å². The number of carbonyl (C=O) groups is 2. The van der Waals surface area contributed by atoms with Crippen LogP contribution in [0.5, 0.6) is 0 Å². The zero-order valence-electron chi connectivity index (χ0n) is 11.8. The molecule has 19 heavy (non-hydrogen) atoms. The Morgan fingerprint density at radius 2 is 1.79 bits per heavy atom. The van der Waals surface area contributed by atoms with Gasteiger partial charge in [-0.2, -0.15) is 0 Å². The fourth-order valence-corrected chi connectivity index (χ4v) is 3.62. The van der Waals surface area contributed by atoms with E-state index in [1.165, 1.54) is 0 Å². The Balaban J connectivity index is 2.02. The predicted molar refractivity (Wildman–Crippen MR) is 72.4 cm³/mol. The third-order valence-electron chi connectivity index (χ3n) is 4.26. The van der Waals surface area contributed by atoms with Gasteiger partial charge in [-0.05, 0) is 37.5 Å². The van der Waals surface area contributed by atoms with Crippen molar-refractivity contribution in [2.75, 3.05) is 0 Å². The van der Waals surface area contributed by atoms with Crippen LogP contribution >= 0.6 is 0 Å². The molecule has 5 unspecified atom stereocenters. The Morgan fingerprint density at radius 3 is 2.32 bits per heavy atom. The molecule has 0 aromatic carbocycles. The number of aliphatic carboxylic acids is 1. The van der Waals surface area contributed by atoms with Crippen LogP contribution in [-0.2, 0) is 9.59 Å². The van der Waals surface area contributed by atoms with E-state index in [0.717, 1.165) is 12.8 Å². The molecule has 0 radical (unpaired) electrons. The highest BCUT2D eigenvalue weighted by Gasteiger charge is 2.51. The Kier molecular flexibility index (Phi) is 3.97. The minimum Gasteiger partial charge on any atom is -0.481 e. The second kappa shape index (κ2) is 5.35. The summed E-state index contributed by atoms with van der Waals surface area (Å²) >= 11 is 0. The average Bonchev–Trinajstić information content (AvgIpc) is 2.86. The van der Waals surface area contributed by atoms with Gasteiger partial charge in [0.2, 0.25) is 5.91 Å². The molecule has 2 aliphatic rings. The van der Waals surface area contributed by atoms with Gasteiger partial charge in [-0.25, -0.2) is 0 Å². The number of carboxylic acid groups (broad SMARTS) is 1. The number of carboxylic acids is 1. The molecule has 0 aromatic rings. The molecular formula is C15H23NO3. The topological polar surface area (TPSA) is 66.4 Å². The zero-order valence-corrected chi connectivity index (χ0v) is 11.8. The van der Waals surface area contributed by atoms with Crippen LogP contribution in [0.4, 0.5) is 0 Å². The SMILES string of the molecule is CC(C)CC(C)NC(=O)C1C2C=CC(C2)C1C(=O)O. The number of hydrogen-bond acceptors (Lipinski definition) is 2. The molecule has 1 amide bonds. The summed E-state index contributed by atoms with van der Waals surface area (Å²) in [6.07, 6.45) is 5.71. The monoisotopic (exact) mass is 265 g/mol. The Morgan fingerprint density at radius 1 is 1.21 bits per heavy atom. The standard InChI is InChI=1S/C15H23NO3/c1-8(2)6-9(3)16-14(17)12-10-4-5-11(7-10)13(12)15(18)19/h4-5,8-13H,6-7H2,1-3H3,(H,16,17)(H,18,19). The summed E-state index contributed by atoms with van der Waals surface area (Å²) in [4.78, 5) is 23.7. The number of hydrogen-bond donors (Lipinski definition) is 2. The minimum atomic E-state index is -0.839. The number of allylic oxidation sites excluding steroid dienone is 2. The van der Waals surface area contributed by atoms with Gasteiger partial charge >= 0.3 is 5.97 Å². The molecule has 4 heteroatoms. The first-order valence-corrected chi connectivity index (χ1v) is 7.11. The van der Waals surface area contributed by atoms with Gasteiger partial charge in [0.15, 0.2) is 0 Å². The molecule has 0 aliphatic heterocycles. The van der Waals surface area contributed by atoms with Crippen LogP contribution in [0.15, 0.2) is 12.2 Å². The normalized spacial score (nSPS) is 33.7. The van der Waals surface area contributed by atoms with Crippen LogP contribution in [0, 0.1) is 29.6 Å². The van der Waals surface area contributed by atoms with E-state index in [-0.39, 0.29) is 29.7 Å². The van der Waals surface area contributed by atoms with Crippen molar-refractivity contribution in [1.29, 1.82) is 0 Å². The fraction of sp³-hybridized carbons (Fsp3) is 0.733. The summed E-state index contributed by atoms with van der Waals surface area (Å²) in [6, 6.07) is 0.102. The first-order chi connectivity index (χ1) is 8.90. The van der Waals surface area contributed by atoms with Crippen molar-refractivity contribution in [2.24, 2.45) is 29.6 Å². The van der Waals surface area contributed by atoms with Crippen molar-refractivity contribution >= 4 is 11.9 Å². The molecule has 0 spiro atoms. The summed E-state index contributed by atoms with van der Waals surface area (Å²) in [7, 11) is 0. The number of nitrogens with one attached hydrogen (secondary N) is 1. The second-order valence-electron chi connectivity index (χ2n) is 6.38. The number of carbonyl (C=O) groups excluding carboxylic acids is 1. The van der Waals surface area contributed by atoms with Crippen LogP contribution in [0.25, 0.3) is 0 Å². The maximum absolute atomic E-state index is 12.3. The summed E-state index contributed by atoms with van der Waals surface area (Å²) in [5.74, 6) is -1.18. The van der Waals surface area contributed by atoms with E-state index in [1.54, 1.807) is 0 Å². The van der Waals surface area contributed by atoms with Gasteiger partial charge in [0.05, 0.1) is 11.8 Å². The predicted octanol–water partition coefficient (Wildman–Crippen LogP) is 2.06. The van der Waals surface area contributed by atoms with Gasteiger partial charge in [0.1, 0.15) is 0 Å². The van der Waals surface area contributed by atoms with Gasteiger partial charge < -0.3 is 10.4 Å². The van der Waals surface area contributed by atoms with Crippen molar-refractivity contribution in [3.63, 3.8) is 0 Å². The summed E-state index contributed by atoms with van der Waals surface area (Å²) in [5, 5.41) is 12.3. The molecule has 1 saturated carbocycles. The molecule has 2 bridgehead atoms. The molecule has 5 atom stereocenters. The maximum atomic E-state index is 12.3. The van der Waals surface area contributed by atoms with E-state index in [0.29, 0.717) is 5.92 Å². The molecule has 0 aromatic heterocycles. The quantitative estimate of drug-likeness (QED) is 0.748. The maximum Gasteiger partial charge on any atom is 0.307 e. The van der Waals surface area contributed by atoms with E-state index in [4.69, 9.17) is 0 Å². The first-order valence-electron chi connectivity index (χ1n) is 7.11. The summed E-state index contributed by atoms with van der Waals surface area (Å²) in [6.45, 7) is 6.21. The van der Waals surface area contributed by atoms with E-state index >= 15 is 0 Å². The van der Waals surface area contributed by atoms with E-state index < -0.39 is 11.9 Å². The van der Waals surface area contributed by atoms with Crippen molar-refractivity contribution in [1.82, 2.24) is 5.32 Å². The van der Waals surface area contributed by atoms with Gasteiger partial charge in [0.25, 0.3) is 0 Å². The molecule has 106 valence electrons. The molecular weight excluding hydrogens is 242 g/mol. The van der Waals surface area contributed by atoms with Crippen molar-refractivity contribution in [3.05, 3.63) is 12.2 Å². The fourth-order valence-electron chi connectivity index (χ4n) is 3.62. The molecule has 1 fully saturated rings. The van der Waals surface area contributed by atoms with E-state index in [1.807, 2.05) is 19.1 Å². The highest BCUT2D eigenvalue weighted by Crippen LogP contribution is 2.48. The Hall–Kier alpha value is -1.32. The van der Waals surface area contributed by atoms with Gasteiger partial charge in [-0.1, -0.05) is 26.0 Å². The number of amides is 1. The lowest BCUT2D eigenvalue weighted by atomic mass is 9.82. The summed E-state index contributed by atoms with van der Waals surface area (Å²) < 4.78 is 0. The lowest BCUT2D eigenvalue weighted by molar-refractivity contribution is -0.148. The van der Waals surface area contributed by atoms with Crippen molar-refractivity contribution in [3.8, 4) is 0 Å². The number of rotatable bonds is 5. The van der Waals surface area contributed by atoms with Crippen LogP contribution in [0.1, 0.15) is 33.6 Å². The average molecular weight is 265 g/mol. The van der Waals surface area contributed by atoms with Crippen LogP contribution < -0.4 is 5.32 Å². The van der Waals surface area contributed by atoms with Crippen LogP contribution in [-0.4, -0.2) is 23.0 Å². The summed E-state index contributed by atoms with van der Waals surface area (Å²) in [5.41, 5.74) is 0. The van der Waals surface area contributed by atoms with E-state index in [2.05, 4.69) is 19.2 Å². The Labute approximate surface area is 114 Å². The minimum absolute atomic E-state index is 0.0404. The lowest BCUT2D eigenvalue weighted by Crippen LogP contribution is -2.43. The van der Waals surface area contributed by atoms with Crippen molar-refractivity contribution < 1.29 is 14.7 Å². The van der Waals surface area contributed by atoms with Gasteiger partial charge in [-0.15, -0.1) is 0 Å². The zero-order chi connectivity index (χ0) is 14.2. The molecule has 2 rings (SSSR count). The molecule has 4 nitrogen and oxygen atoms in total. The van der Waals surface area contributed by atoms with Crippen LogP contribution in [0.3, 0.4) is 0 Å². The first kappa shape index (κ1) is 14.1. The molecule has 2 N–H and O–H groups in total. The molecule has 0 saturated heterocycles. The molecule has 2 aliphatic carbocycles. The highest BCUT2D eigenvalue weighted by atomic mass is 16.4. The highest BCUT2D eigenvalue weighted by molar-refractivity contribution is 5.87. The smallest absolute Gasteiger partial charge is 0.307 e. The number of fused-ring (bicyclic) bond motifs is 2. The van der Waals surface area contributed by atoms with Gasteiger partial charge in [0, 0.05) is 6.04 Å². The third-order valence-corrected chi connectivity index (χ3v) is 4.26. The Bertz CT molecular complexity index is 402. The van der Waals surface area contributed by atoms with Gasteiger partial charge in [-0.3, -0.25) is 9.59 Å². The van der Waals surface area contributed by atoms with Crippen molar-refractivity contribution in [2.45, 2.75) is 39.7 Å². The third kappa shape index (κ3) is 2.82. The lowest BCUT2D eigenvalue weighted by Gasteiger charge is -2.26. The second-order valence-corrected chi connectivity index (χ2v) is 6.38. The molecule has 0 heterocycles.